The topological polar surface area (TPSA) is 105 Å². The van der Waals surface area contributed by atoms with Gasteiger partial charge in [-0.1, -0.05) is 5.16 Å². The van der Waals surface area contributed by atoms with E-state index in [1.54, 1.807) is 12.1 Å². The SMILES string of the molecule is NC(=NO)c1ccc(N2CCCC2)c([N+](=O)[O-])c1. The molecule has 0 atom stereocenters. The molecule has 2 rings (SSSR count). The highest BCUT2D eigenvalue weighted by Crippen LogP contribution is 2.31. The molecular weight excluding hydrogens is 236 g/mol. The Labute approximate surface area is 104 Å². The van der Waals surface area contributed by atoms with E-state index in [2.05, 4.69) is 5.16 Å². The fourth-order valence-electron chi connectivity index (χ4n) is 2.11. The second kappa shape index (κ2) is 4.91. The second-order valence-electron chi connectivity index (χ2n) is 4.14. The van der Waals surface area contributed by atoms with E-state index in [0.717, 1.165) is 25.9 Å². The fraction of sp³-hybridized carbons (Fsp3) is 0.364. The molecule has 0 aromatic heterocycles. The minimum Gasteiger partial charge on any atom is -0.409 e. The predicted octanol–water partition coefficient (Wildman–Crippen LogP) is 1.29. The number of amidine groups is 1. The second-order valence-corrected chi connectivity index (χ2v) is 4.14. The number of rotatable bonds is 3. The van der Waals surface area contributed by atoms with Gasteiger partial charge in [0.05, 0.1) is 4.92 Å². The van der Waals surface area contributed by atoms with Crippen molar-refractivity contribution in [2.75, 3.05) is 18.0 Å². The predicted molar refractivity (Wildman–Crippen MR) is 67.1 cm³/mol. The highest BCUT2D eigenvalue weighted by Gasteiger charge is 2.23. The molecule has 0 aliphatic carbocycles. The van der Waals surface area contributed by atoms with Crippen LogP contribution in [0.2, 0.25) is 0 Å². The normalized spacial score (nSPS) is 16.0. The Balaban J connectivity index is 2.44. The van der Waals surface area contributed by atoms with Gasteiger partial charge in [0.15, 0.2) is 5.84 Å². The Morgan fingerprint density at radius 1 is 1.44 bits per heavy atom. The van der Waals surface area contributed by atoms with Gasteiger partial charge in [-0.25, -0.2) is 0 Å². The van der Waals surface area contributed by atoms with E-state index in [4.69, 9.17) is 10.9 Å². The Morgan fingerprint density at radius 3 is 2.67 bits per heavy atom. The first-order chi connectivity index (χ1) is 8.63. The van der Waals surface area contributed by atoms with Crippen LogP contribution in [0, 0.1) is 10.1 Å². The summed E-state index contributed by atoms with van der Waals surface area (Å²) in [7, 11) is 0. The first-order valence-corrected chi connectivity index (χ1v) is 5.65. The van der Waals surface area contributed by atoms with E-state index in [0.29, 0.717) is 11.3 Å². The molecule has 0 saturated carbocycles. The van der Waals surface area contributed by atoms with Crippen LogP contribution in [0.4, 0.5) is 11.4 Å². The van der Waals surface area contributed by atoms with Crippen molar-refractivity contribution in [1.82, 2.24) is 0 Å². The first kappa shape index (κ1) is 12.2. The Hall–Kier alpha value is -2.31. The third-order valence-corrected chi connectivity index (χ3v) is 3.02. The van der Waals surface area contributed by atoms with Crippen molar-refractivity contribution in [3.8, 4) is 0 Å². The average molecular weight is 250 g/mol. The molecule has 1 aliphatic rings. The van der Waals surface area contributed by atoms with Gasteiger partial charge in [0.2, 0.25) is 0 Å². The quantitative estimate of drug-likeness (QED) is 0.276. The lowest BCUT2D eigenvalue weighted by molar-refractivity contribution is -0.384. The summed E-state index contributed by atoms with van der Waals surface area (Å²) in [6, 6.07) is 4.61. The van der Waals surface area contributed by atoms with Gasteiger partial charge in [-0.3, -0.25) is 10.1 Å². The highest BCUT2D eigenvalue weighted by molar-refractivity contribution is 5.98. The van der Waals surface area contributed by atoms with Gasteiger partial charge in [-0.2, -0.15) is 0 Å². The Kier molecular flexibility index (Phi) is 3.31. The van der Waals surface area contributed by atoms with Gasteiger partial charge in [-0.05, 0) is 25.0 Å². The molecule has 7 nitrogen and oxygen atoms in total. The van der Waals surface area contributed by atoms with Crippen LogP contribution in [0.25, 0.3) is 0 Å². The number of nitrogens with zero attached hydrogens (tertiary/aromatic N) is 3. The van der Waals surface area contributed by atoms with Crippen molar-refractivity contribution in [3.05, 3.63) is 33.9 Å². The molecule has 1 heterocycles. The number of benzene rings is 1. The summed E-state index contributed by atoms with van der Waals surface area (Å²) < 4.78 is 0. The lowest BCUT2D eigenvalue weighted by Crippen LogP contribution is -2.20. The van der Waals surface area contributed by atoms with Gasteiger partial charge in [-0.15, -0.1) is 0 Å². The molecule has 1 saturated heterocycles. The van der Waals surface area contributed by atoms with Gasteiger partial charge in [0.1, 0.15) is 5.69 Å². The summed E-state index contributed by atoms with van der Waals surface area (Å²) in [6.45, 7) is 1.65. The van der Waals surface area contributed by atoms with Crippen LogP contribution in [0.15, 0.2) is 23.4 Å². The molecule has 0 amide bonds. The van der Waals surface area contributed by atoms with Crippen LogP contribution in [0.1, 0.15) is 18.4 Å². The maximum Gasteiger partial charge on any atom is 0.293 e. The van der Waals surface area contributed by atoms with E-state index in [1.165, 1.54) is 6.07 Å². The molecule has 1 fully saturated rings. The number of nitrogens with two attached hydrogens (primary N) is 1. The van der Waals surface area contributed by atoms with Crippen LogP contribution < -0.4 is 10.6 Å². The lowest BCUT2D eigenvalue weighted by Gasteiger charge is -2.17. The Bertz CT molecular complexity index is 495. The van der Waals surface area contributed by atoms with E-state index >= 15 is 0 Å². The van der Waals surface area contributed by atoms with Gasteiger partial charge >= 0.3 is 0 Å². The number of oxime groups is 1. The van der Waals surface area contributed by atoms with E-state index < -0.39 is 4.92 Å². The number of nitro groups is 1. The van der Waals surface area contributed by atoms with E-state index in [9.17, 15) is 10.1 Å². The molecule has 0 bridgehead atoms. The third-order valence-electron chi connectivity index (χ3n) is 3.02. The molecule has 0 spiro atoms. The molecule has 1 aliphatic heterocycles. The summed E-state index contributed by atoms with van der Waals surface area (Å²) in [5.41, 5.74) is 6.35. The minimum atomic E-state index is -0.443. The first-order valence-electron chi connectivity index (χ1n) is 5.65. The van der Waals surface area contributed by atoms with Crippen molar-refractivity contribution in [3.63, 3.8) is 0 Å². The van der Waals surface area contributed by atoms with Crippen molar-refractivity contribution in [2.45, 2.75) is 12.8 Å². The summed E-state index contributed by atoms with van der Waals surface area (Å²) in [5, 5.41) is 22.5. The number of hydrogen-bond acceptors (Lipinski definition) is 5. The molecule has 1 aromatic rings. The van der Waals surface area contributed by atoms with Crippen molar-refractivity contribution >= 4 is 17.2 Å². The monoisotopic (exact) mass is 250 g/mol. The van der Waals surface area contributed by atoms with E-state index in [1.807, 2.05) is 4.90 Å². The fourth-order valence-corrected chi connectivity index (χ4v) is 2.11. The zero-order valence-electron chi connectivity index (χ0n) is 9.74. The maximum absolute atomic E-state index is 11.1. The van der Waals surface area contributed by atoms with Gasteiger partial charge in [0.25, 0.3) is 5.69 Å². The average Bonchev–Trinajstić information content (AvgIpc) is 2.90. The van der Waals surface area contributed by atoms with Gasteiger partial charge in [0, 0.05) is 24.7 Å². The molecule has 3 N–H and O–H groups in total. The molecule has 0 radical (unpaired) electrons. The Morgan fingerprint density at radius 2 is 2.11 bits per heavy atom. The molecule has 1 aromatic carbocycles. The van der Waals surface area contributed by atoms with Crippen LogP contribution in [-0.4, -0.2) is 29.1 Å². The zero-order valence-corrected chi connectivity index (χ0v) is 9.74. The highest BCUT2D eigenvalue weighted by atomic mass is 16.6. The smallest absolute Gasteiger partial charge is 0.293 e. The van der Waals surface area contributed by atoms with Crippen molar-refractivity contribution in [1.29, 1.82) is 0 Å². The van der Waals surface area contributed by atoms with Gasteiger partial charge < -0.3 is 15.8 Å². The number of hydrogen-bond donors (Lipinski definition) is 2. The van der Waals surface area contributed by atoms with Crippen LogP contribution in [0.3, 0.4) is 0 Å². The molecule has 0 unspecified atom stereocenters. The van der Waals surface area contributed by atoms with Crippen LogP contribution in [-0.2, 0) is 0 Å². The lowest BCUT2D eigenvalue weighted by atomic mass is 10.1. The summed E-state index contributed by atoms with van der Waals surface area (Å²) in [4.78, 5) is 12.6. The molecule has 7 heteroatoms. The maximum atomic E-state index is 11.1. The summed E-state index contributed by atoms with van der Waals surface area (Å²) in [6.07, 6.45) is 2.08. The minimum absolute atomic E-state index is 0.0130. The summed E-state index contributed by atoms with van der Waals surface area (Å²) >= 11 is 0. The molecular formula is C11H14N4O3. The van der Waals surface area contributed by atoms with Crippen molar-refractivity contribution < 1.29 is 10.1 Å². The third kappa shape index (κ3) is 2.20. The standard InChI is InChI=1S/C11H14N4O3/c12-11(13-16)8-3-4-9(10(7-8)15(17)18)14-5-1-2-6-14/h3-4,7,16H,1-2,5-6H2,(H2,12,13). The van der Waals surface area contributed by atoms with Crippen molar-refractivity contribution in [2.24, 2.45) is 10.9 Å². The summed E-state index contributed by atoms with van der Waals surface area (Å²) in [5.74, 6) is -0.133. The molecule has 96 valence electrons. The number of anilines is 1. The number of nitro benzene ring substituents is 1. The van der Waals surface area contributed by atoms with Crippen LogP contribution in [0.5, 0.6) is 0 Å². The largest absolute Gasteiger partial charge is 0.409 e. The van der Waals surface area contributed by atoms with Crippen LogP contribution >= 0.6 is 0 Å². The van der Waals surface area contributed by atoms with E-state index in [-0.39, 0.29) is 11.5 Å². The molecule has 18 heavy (non-hydrogen) atoms. The zero-order chi connectivity index (χ0) is 13.1.